The average molecular weight is 195 g/mol. The summed E-state index contributed by atoms with van der Waals surface area (Å²) >= 11 is 0. The number of nitrogens with one attached hydrogen (secondary N) is 1. The minimum atomic E-state index is -0.468. The molecule has 0 heterocycles. The largest absolute Gasteiger partial charge is 0.355 e. The van der Waals surface area contributed by atoms with Crippen LogP contribution in [-0.2, 0) is 6.42 Å². The van der Waals surface area contributed by atoms with E-state index in [1.165, 1.54) is 13.1 Å². The SMILES string of the molecule is CCCc1ccc(F)c(C(=O)NC)c1. The molecular weight excluding hydrogens is 181 g/mol. The van der Waals surface area contributed by atoms with E-state index in [1.807, 2.05) is 6.92 Å². The molecule has 0 aliphatic carbocycles. The molecule has 2 nitrogen and oxygen atoms in total. The molecule has 0 unspecified atom stereocenters. The van der Waals surface area contributed by atoms with Crippen molar-refractivity contribution in [3.63, 3.8) is 0 Å². The van der Waals surface area contributed by atoms with Gasteiger partial charge in [0.1, 0.15) is 5.82 Å². The van der Waals surface area contributed by atoms with E-state index >= 15 is 0 Å². The van der Waals surface area contributed by atoms with Crippen molar-refractivity contribution in [3.05, 3.63) is 35.1 Å². The first kappa shape index (κ1) is 10.7. The molecular formula is C11H14FNO. The third-order valence-electron chi connectivity index (χ3n) is 2.04. The number of carbonyl (C=O) groups is 1. The maximum atomic E-state index is 13.2. The van der Waals surface area contributed by atoms with Crippen molar-refractivity contribution >= 4 is 5.91 Å². The highest BCUT2D eigenvalue weighted by atomic mass is 19.1. The van der Waals surface area contributed by atoms with Crippen molar-refractivity contribution in [2.45, 2.75) is 19.8 Å². The second kappa shape index (κ2) is 4.74. The number of hydrogen-bond donors (Lipinski definition) is 1. The van der Waals surface area contributed by atoms with Gasteiger partial charge in [0, 0.05) is 7.05 Å². The fraction of sp³-hybridized carbons (Fsp3) is 0.364. The van der Waals surface area contributed by atoms with E-state index in [1.54, 1.807) is 12.1 Å². The number of hydrogen-bond acceptors (Lipinski definition) is 1. The van der Waals surface area contributed by atoms with Crippen LogP contribution in [0.25, 0.3) is 0 Å². The summed E-state index contributed by atoms with van der Waals surface area (Å²) in [5, 5.41) is 2.41. The van der Waals surface area contributed by atoms with Crippen LogP contribution in [0.4, 0.5) is 4.39 Å². The summed E-state index contributed by atoms with van der Waals surface area (Å²) < 4.78 is 13.2. The van der Waals surface area contributed by atoms with Gasteiger partial charge in [0.25, 0.3) is 5.91 Å². The predicted octanol–water partition coefficient (Wildman–Crippen LogP) is 2.14. The topological polar surface area (TPSA) is 29.1 Å². The second-order valence-electron chi connectivity index (χ2n) is 3.14. The maximum absolute atomic E-state index is 13.2. The lowest BCUT2D eigenvalue weighted by Gasteiger charge is -2.04. The van der Waals surface area contributed by atoms with Gasteiger partial charge in [-0.05, 0) is 24.1 Å². The van der Waals surface area contributed by atoms with Crippen LogP contribution >= 0.6 is 0 Å². The van der Waals surface area contributed by atoms with Gasteiger partial charge >= 0.3 is 0 Å². The standard InChI is InChI=1S/C11H14FNO/c1-3-4-8-5-6-10(12)9(7-8)11(14)13-2/h5-7H,3-4H2,1-2H3,(H,13,14). The monoisotopic (exact) mass is 195 g/mol. The lowest BCUT2D eigenvalue weighted by molar-refractivity contribution is 0.0959. The molecule has 1 N–H and O–H groups in total. The predicted molar refractivity (Wildman–Crippen MR) is 53.8 cm³/mol. The highest BCUT2D eigenvalue weighted by Crippen LogP contribution is 2.11. The quantitative estimate of drug-likeness (QED) is 0.786. The summed E-state index contributed by atoms with van der Waals surface area (Å²) in [5.41, 5.74) is 1.12. The van der Waals surface area contributed by atoms with Crippen LogP contribution in [0.1, 0.15) is 29.3 Å². The van der Waals surface area contributed by atoms with Crippen LogP contribution in [-0.4, -0.2) is 13.0 Å². The summed E-state index contributed by atoms with van der Waals surface area (Å²) in [6, 6.07) is 4.67. The van der Waals surface area contributed by atoms with E-state index in [-0.39, 0.29) is 11.5 Å². The van der Waals surface area contributed by atoms with Gasteiger partial charge in [0.15, 0.2) is 0 Å². The van der Waals surface area contributed by atoms with Gasteiger partial charge < -0.3 is 5.32 Å². The highest BCUT2D eigenvalue weighted by molar-refractivity contribution is 5.94. The molecule has 1 amide bonds. The van der Waals surface area contributed by atoms with Crippen molar-refractivity contribution in [2.24, 2.45) is 0 Å². The van der Waals surface area contributed by atoms with Crippen molar-refractivity contribution in [3.8, 4) is 0 Å². The van der Waals surface area contributed by atoms with Gasteiger partial charge in [0.2, 0.25) is 0 Å². The molecule has 76 valence electrons. The van der Waals surface area contributed by atoms with Crippen LogP contribution in [0.15, 0.2) is 18.2 Å². The first-order valence-corrected chi connectivity index (χ1v) is 4.69. The Kier molecular flexibility index (Phi) is 3.63. The van der Waals surface area contributed by atoms with E-state index < -0.39 is 5.82 Å². The number of benzene rings is 1. The van der Waals surface area contributed by atoms with E-state index in [9.17, 15) is 9.18 Å². The van der Waals surface area contributed by atoms with Gasteiger partial charge in [0.05, 0.1) is 5.56 Å². The fourth-order valence-corrected chi connectivity index (χ4v) is 1.33. The first-order chi connectivity index (χ1) is 6.69. The Labute approximate surface area is 83.1 Å². The first-order valence-electron chi connectivity index (χ1n) is 4.69. The third kappa shape index (κ3) is 2.31. The molecule has 14 heavy (non-hydrogen) atoms. The highest BCUT2D eigenvalue weighted by Gasteiger charge is 2.10. The van der Waals surface area contributed by atoms with Crippen LogP contribution in [0.2, 0.25) is 0 Å². The lowest BCUT2D eigenvalue weighted by atomic mass is 10.1. The Hall–Kier alpha value is -1.38. The third-order valence-corrected chi connectivity index (χ3v) is 2.04. The molecule has 0 aliphatic rings. The van der Waals surface area contributed by atoms with Gasteiger partial charge in [-0.25, -0.2) is 4.39 Å². The molecule has 0 atom stereocenters. The zero-order chi connectivity index (χ0) is 10.6. The Bertz CT molecular complexity index is 336. The number of rotatable bonds is 3. The zero-order valence-electron chi connectivity index (χ0n) is 8.43. The molecule has 1 aromatic carbocycles. The van der Waals surface area contributed by atoms with Crippen LogP contribution < -0.4 is 5.32 Å². The van der Waals surface area contributed by atoms with Gasteiger partial charge in [-0.1, -0.05) is 19.4 Å². The molecule has 0 aliphatic heterocycles. The second-order valence-corrected chi connectivity index (χ2v) is 3.14. The summed E-state index contributed by atoms with van der Waals surface area (Å²) in [4.78, 5) is 11.2. The zero-order valence-corrected chi connectivity index (χ0v) is 8.43. The Morgan fingerprint density at radius 2 is 2.21 bits per heavy atom. The van der Waals surface area contributed by atoms with Crippen LogP contribution in [0.3, 0.4) is 0 Å². The van der Waals surface area contributed by atoms with Crippen molar-refractivity contribution in [2.75, 3.05) is 7.05 Å². The van der Waals surface area contributed by atoms with Crippen LogP contribution in [0, 0.1) is 5.82 Å². The van der Waals surface area contributed by atoms with Gasteiger partial charge in [-0.2, -0.15) is 0 Å². The van der Waals surface area contributed by atoms with E-state index in [2.05, 4.69) is 5.32 Å². The fourth-order valence-electron chi connectivity index (χ4n) is 1.33. The molecule has 0 bridgehead atoms. The average Bonchev–Trinajstić information content (AvgIpc) is 2.20. The molecule has 0 saturated heterocycles. The van der Waals surface area contributed by atoms with E-state index in [0.29, 0.717) is 0 Å². The summed E-state index contributed by atoms with van der Waals surface area (Å²) in [6.45, 7) is 2.04. The van der Waals surface area contributed by atoms with Crippen molar-refractivity contribution in [1.82, 2.24) is 5.32 Å². The summed E-state index contributed by atoms with van der Waals surface area (Å²) in [6.07, 6.45) is 1.85. The maximum Gasteiger partial charge on any atom is 0.254 e. The van der Waals surface area contributed by atoms with Crippen LogP contribution in [0.5, 0.6) is 0 Å². The number of aryl methyl sites for hydroxylation is 1. The molecule has 0 radical (unpaired) electrons. The molecule has 0 fully saturated rings. The Balaban J connectivity index is 3.01. The summed E-state index contributed by atoms with van der Waals surface area (Å²) in [7, 11) is 1.49. The Morgan fingerprint density at radius 3 is 2.79 bits per heavy atom. The molecule has 0 saturated carbocycles. The van der Waals surface area contributed by atoms with Crippen molar-refractivity contribution in [1.29, 1.82) is 0 Å². The molecule has 1 rings (SSSR count). The normalized spacial score (nSPS) is 9.93. The molecule has 0 aromatic heterocycles. The molecule has 0 spiro atoms. The minimum absolute atomic E-state index is 0.124. The number of halogens is 1. The molecule has 1 aromatic rings. The molecule has 3 heteroatoms. The number of carbonyl (C=O) groups excluding carboxylic acids is 1. The van der Waals surface area contributed by atoms with E-state index in [4.69, 9.17) is 0 Å². The smallest absolute Gasteiger partial charge is 0.254 e. The van der Waals surface area contributed by atoms with Crippen molar-refractivity contribution < 1.29 is 9.18 Å². The Morgan fingerprint density at radius 1 is 1.50 bits per heavy atom. The lowest BCUT2D eigenvalue weighted by Crippen LogP contribution is -2.19. The minimum Gasteiger partial charge on any atom is -0.355 e. The van der Waals surface area contributed by atoms with Gasteiger partial charge in [-0.3, -0.25) is 4.79 Å². The number of amides is 1. The summed E-state index contributed by atoms with van der Waals surface area (Å²) in [5.74, 6) is -0.843. The van der Waals surface area contributed by atoms with E-state index in [0.717, 1.165) is 18.4 Å². The van der Waals surface area contributed by atoms with Gasteiger partial charge in [-0.15, -0.1) is 0 Å².